The number of hydrogen-bond acceptors (Lipinski definition) is 5. The van der Waals surface area contributed by atoms with Gasteiger partial charge in [-0.05, 0) is 38.8 Å². The monoisotopic (exact) mass is 356 g/mol. The molecule has 3 fully saturated rings. The molecular weight excluding hydrogens is 324 g/mol. The van der Waals surface area contributed by atoms with Crippen LogP contribution in [0.15, 0.2) is 0 Å². The van der Waals surface area contributed by atoms with E-state index in [1.54, 1.807) is 0 Å². The largest absolute Gasteiger partial charge is 0.303 e. The Hall–Kier alpha value is -0.460. The Labute approximate surface area is 146 Å². The first-order valence-corrected chi connectivity index (χ1v) is 11.6. The predicted molar refractivity (Wildman–Crippen MR) is 95.9 cm³/mol. The number of carbonyl (C=O) groups is 1. The molecule has 5 nitrogen and oxygen atoms in total. The van der Waals surface area contributed by atoms with Crippen LogP contribution in [0, 0.1) is 5.92 Å². The Morgan fingerprint density at radius 3 is 2.12 bits per heavy atom. The van der Waals surface area contributed by atoms with E-state index in [2.05, 4.69) is 9.80 Å². The van der Waals surface area contributed by atoms with Crippen molar-refractivity contribution in [2.75, 3.05) is 44.2 Å². The lowest BCUT2D eigenvalue weighted by Gasteiger charge is -2.40. The standard InChI is InChI=1S/C18H32N2O3S/c21-18(16-4-2-1-3-5-16)8-11-19-9-6-17(7-10-19)20-12-14-24(22,23)15-13-20/h16-17H,1-15H2. The predicted octanol–water partition coefficient (Wildman–Crippen LogP) is 1.72. The van der Waals surface area contributed by atoms with Gasteiger partial charge < -0.3 is 4.90 Å². The molecule has 2 saturated heterocycles. The van der Waals surface area contributed by atoms with Gasteiger partial charge in [0.1, 0.15) is 5.78 Å². The van der Waals surface area contributed by atoms with Gasteiger partial charge >= 0.3 is 0 Å². The van der Waals surface area contributed by atoms with Gasteiger partial charge in [-0.2, -0.15) is 0 Å². The van der Waals surface area contributed by atoms with Gasteiger partial charge in [-0.25, -0.2) is 8.42 Å². The van der Waals surface area contributed by atoms with E-state index in [1.165, 1.54) is 19.3 Å². The summed E-state index contributed by atoms with van der Waals surface area (Å²) in [7, 11) is -2.78. The third-order valence-corrected chi connectivity index (χ3v) is 7.80. The van der Waals surface area contributed by atoms with Crippen molar-refractivity contribution in [1.29, 1.82) is 0 Å². The Balaban J connectivity index is 1.35. The number of sulfone groups is 1. The van der Waals surface area contributed by atoms with Crippen molar-refractivity contribution in [3.05, 3.63) is 0 Å². The fourth-order valence-electron chi connectivity index (χ4n) is 4.50. The number of piperidine rings is 1. The average molecular weight is 357 g/mol. The molecule has 0 spiro atoms. The fourth-order valence-corrected chi connectivity index (χ4v) is 5.73. The number of nitrogens with zero attached hydrogens (tertiary/aromatic N) is 2. The van der Waals surface area contributed by atoms with Crippen molar-refractivity contribution >= 4 is 15.6 Å². The van der Waals surface area contributed by atoms with E-state index < -0.39 is 9.84 Å². The highest BCUT2D eigenvalue weighted by atomic mass is 32.2. The summed E-state index contributed by atoms with van der Waals surface area (Å²) in [5, 5.41) is 0. The molecule has 0 aromatic rings. The molecule has 138 valence electrons. The molecule has 0 aromatic carbocycles. The van der Waals surface area contributed by atoms with E-state index >= 15 is 0 Å². The molecule has 1 aliphatic carbocycles. The van der Waals surface area contributed by atoms with Gasteiger partial charge in [0, 0.05) is 38.0 Å². The lowest BCUT2D eigenvalue weighted by molar-refractivity contribution is -0.124. The van der Waals surface area contributed by atoms with Crippen LogP contribution >= 0.6 is 0 Å². The molecule has 0 bridgehead atoms. The van der Waals surface area contributed by atoms with Gasteiger partial charge in [0.15, 0.2) is 9.84 Å². The molecule has 0 aromatic heterocycles. The van der Waals surface area contributed by atoms with Gasteiger partial charge in [-0.15, -0.1) is 0 Å². The third kappa shape index (κ3) is 5.02. The smallest absolute Gasteiger partial charge is 0.152 e. The Morgan fingerprint density at radius 2 is 1.50 bits per heavy atom. The van der Waals surface area contributed by atoms with E-state index in [0.717, 1.165) is 51.7 Å². The summed E-state index contributed by atoms with van der Waals surface area (Å²) in [6.07, 6.45) is 8.92. The summed E-state index contributed by atoms with van der Waals surface area (Å²) in [5.41, 5.74) is 0. The summed E-state index contributed by atoms with van der Waals surface area (Å²) in [6, 6.07) is 0.533. The van der Waals surface area contributed by atoms with Crippen LogP contribution in [0.5, 0.6) is 0 Å². The van der Waals surface area contributed by atoms with Crippen LogP contribution in [0.25, 0.3) is 0 Å². The van der Waals surface area contributed by atoms with Gasteiger partial charge in [0.2, 0.25) is 0 Å². The summed E-state index contributed by atoms with van der Waals surface area (Å²) in [4.78, 5) is 17.1. The molecule has 0 radical (unpaired) electrons. The minimum absolute atomic E-state index is 0.323. The Bertz CT molecular complexity index is 506. The number of hydrogen-bond donors (Lipinski definition) is 0. The third-order valence-electron chi connectivity index (χ3n) is 6.19. The van der Waals surface area contributed by atoms with Gasteiger partial charge in [-0.1, -0.05) is 19.3 Å². The molecule has 2 aliphatic heterocycles. The summed E-state index contributed by atoms with van der Waals surface area (Å²) < 4.78 is 23.1. The van der Waals surface area contributed by atoms with Crippen LogP contribution < -0.4 is 0 Å². The topological polar surface area (TPSA) is 57.7 Å². The molecular formula is C18H32N2O3S. The Morgan fingerprint density at radius 1 is 0.875 bits per heavy atom. The highest BCUT2D eigenvalue weighted by Gasteiger charge is 2.30. The average Bonchev–Trinajstić information content (AvgIpc) is 2.61. The number of likely N-dealkylation sites (tertiary alicyclic amines) is 1. The van der Waals surface area contributed by atoms with E-state index in [0.29, 0.717) is 42.3 Å². The van der Waals surface area contributed by atoms with Crippen molar-refractivity contribution in [3.8, 4) is 0 Å². The minimum Gasteiger partial charge on any atom is -0.303 e. The van der Waals surface area contributed by atoms with E-state index in [4.69, 9.17) is 0 Å². The molecule has 0 unspecified atom stereocenters. The molecule has 2 heterocycles. The minimum atomic E-state index is -2.78. The summed E-state index contributed by atoms with van der Waals surface area (Å²) in [5.74, 6) is 1.47. The zero-order valence-electron chi connectivity index (χ0n) is 14.8. The van der Waals surface area contributed by atoms with E-state index in [1.807, 2.05) is 0 Å². The van der Waals surface area contributed by atoms with Gasteiger partial charge in [-0.3, -0.25) is 9.69 Å². The molecule has 3 rings (SSSR count). The number of Topliss-reactive ketones (excluding diaryl/α,β-unsaturated/α-hetero) is 1. The van der Waals surface area contributed by atoms with Crippen molar-refractivity contribution < 1.29 is 13.2 Å². The Kier molecular flexibility index (Phi) is 6.33. The quantitative estimate of drug-likeness (QED) is 0.751. The molecule has 0 amide bonds. The first kappa shape index (κ1) is 18.3. The van der Waals surface area contributed by atoms with E-state index in [9.17, 15) is 13.2 Å². The van der Waals surface area contributed by atoms with Crippen molar-refractivity contribution in [2.24, 2.45) is 5.92 Å². The van der Waals surface area contributed by atoms with Gasteiger partial charge in [0.05, 0.1) is 11.5 Å². The SMILES string of the molecule is O=C(CCN1CCC(N2CCS(=O)(=O)CC2)CC1)C1CCCCC1. The van der Waals surface area contributed by atoms with Crippen LogP contribution in [-0.4, -0.2) is 74.3 Å². The number of carbonyl (C=O) groups excluding carboxylic acids is 1. The maximum absolute atomic E-state index is 12.3. The normalized spacial score (nSPS) is 28.0. The lowest BCUT2D eigenvalue weighted by Crippen LogP contribution is -2.50. The molecule has 3 aliphatic rings. The molecule has 0 N–H and O–H groups in total. The molecule has 24 heavy (non-hydrogen) atoms. The molecule has 0 atom stereocenters. The van der Waals surface area contributed by atoms with E-state index in [-0.39, 0.29) is 0 Å². The summed E-state index contributed by atoms with van der Waals surface area (Å²) in [6.45, 7) is 4.41. The van der Waals surface area contributed by atoms with Crippen LogP contribution in [0.2, 0.25) is 0 Å². The maximum atomic E-state index is 12.3. The second-order valence-corrected chi connectivity index (χ2v) is 10.1. The van der Waals surface area contributed by atoms with Crippen LogP contribution in [0.4, 0.5) is 0 Å². The second kappa shape index (κ2) is 8.28. The van der Waals surface area contributed by atoms with Gasteiger partial charge in [0.25, 0.3) is 0 Å². The molecule has 6 heteroatoms. The zero-order chi connectivity index (χ0) is 17.0. The number of ketones is 1. The maximum Gasteiger partial charge on any atom is 0.152 e. The highest BCUT2D eigenvalue weighted by Crippen LogP contribution is 2.26. The van der Waals surface area contributed by atoms with Crippen LogP contribution in [0.1, 0.15) is 51.4 Å². The van der Waals surface area contributed by atoms with Crippen LogP contribution in [-0.2, 0) is 14.6 Å². The first-order chi connectivity index (χ1) is 11.5. The fraction of sp³-hybridized carbons (Fsp3) is 0.944. The van der Waals surface area contributed by atoms with Crippen LogP contribution in [0.3, 0.4) is 0 Å². The van der Waals surface area contributed by atoms with Crippen molar-refractivity contribution in [2.45, 2.75) is 57.4 Å². The molecule has 1 saturated carbocycles. The first-order valence-electron chi connectivity index (χ1n) is 9.73. The second-order valence-electron chi connectivity index (χ2n) is 7.81. The zero-order valence-corrected chi connectivity index (χ0v) is 15.6. The van der Waals surface area contributed by atoms with Crippen molar-refractivity contribution in [1.82, 2.24) is 9.80 Å². The number of rotatable bonds is 5. The highest BCUT2D eigenvalue weighted by molar-refractivity contribution is 7.91. The lowest BCUT2D eigenvalue weighted by atomic mass is 9.85. The van der Waals surface area contributed by atoms with Crippen molar-refractivity contribution in [3.63, 3.8) is 0 Å². The summed E-state index contributed by atoms with van der Waals surface area (Å²) >= 11 is 0.